The zero-order chi connectivity index (χ0) is 15.7. The molecular weight excluding hydrogens is 270 g/mol. The van der Waals surface area contributed by atoms with E-state index < -0.39 is 0 Å². The summed E-state index contributed by atoms with van der Waals surface area (Å²) in [5.74, 6) is 0.419. The number of pyridine rings is 1. The third-order valence-corrected chi connectivity index (χ3v) is 4.34. The molecule has 0 fully saturated rings. The first kappa shape index (κ1) is 15.0. The van der Waals surface area contributed by atoms with Gasteiger partial charge in [0.05, 0.1) is 11.2 Å². The molecule has 1 aromatic carbocycles. The number of aromatic nitrogens is 2. The van der Waals surface area contributed by atoms with Gasteiger partial charge in [-0.1, -0.05) is 26.0 Å². The lowest BCUT2D eigenvalue weighted by atomic mass is 10.1. The average Bonchev–Trinajstić information content (AvgIpc) is 2.81. The predicted octanol–water partition coefficient (Wildman–Crippen LogP) is 4.36. The van der Waals surface area contributed by atoms with Crippen LogP contribution in [0.5, 0.6) is 0 Å². The molecule has 2 heterocycles. The lowest BCUT2D eigenvalue weighted by Crippen LogP contribution is -2.05. The van der Waals surface area contributed by atoms with Crippen molar-refractivity contribution in [1.29, 1.82) is 0 Å². The second-order valence-corrected chi connectivity index (χ2v) is 6.42. The zero-order valence-electron chi connectivity index (χ0n) is 13.8. The molecule has 0 bridgehead atoms. The smallest absolute Gasteiger partial charge is 0.0713 e. The highest BCUT2D eigenvalue weighted by molar-refractivity contribution is 6.08. The second-order valence-electron chi connectivity index (χ2n) is 6.42. The van der Waals surface area contributed by atoms with Crippen LogP contribution in [0.15, 0.2) is 30.5 Å². The van der Waals surface area contributed by atoms with E-state index in [0.29, 0.717) is 5.92 Å². The molecule has 0 radical (unpaired) electrons. The zero-order valence-corrected chi connectivity index (χ0v) is 13.8. The fourth-order valence-corrected chi connectivity index (χ4v) is 3.25. The standard InChI is InChI=1S/C19H25N3/c1-13(2)18-19-16(8-10-21-18)15-7-6-14(3)12-17(15)22(19)11-5-4-9-20/h6-8,10,12-13H,4-5,9,11,20H2,1-3H3. The molecule has 116 valence electrons. The Morgan fingerprint density at radius 3 is 2.68 bits per heavy atom. The van der Waals surface area contributed by atoms with Crippen molar-refractivity contribution in [1.82, 2.24) is 9.55 Å². The Morgan fingerprint density at radius 2 is 1.95 bits per heavy atom. The van der Waals surface area contributed by atoms with Gasteiger partial charge in [-0.3, -0.25) is 4.98 Å². The molecule has 0 aliphatic heterocycles. The van der Waals surface area contributed by atoms with E-state index in [1.54, 1.807) is 0 Å². The molecule has 0 aliphatic carbocycles. The van der Waals surface area contributed by atoms with Gasteiger partial charge < -0.3 is 10.3 Å². The van der Waals surface area contributed by atoms with Crippen molar-refractivity contribution in [3.05, 3.63) is 41.7 Å². The quantitative estimate of drug-likeness (QED) is 0.711. The van der Waals surface area contributed by atoms with Gasteiger partial charge >= 0.3 is 0 Å². The number of hydrogen-bond acceptors (Lipinski definition) is 2. The fourth-order valence-electron chi connectivity index (χ4n) is 3.25. The maximum absolute atomic E-state index is 5.67. The fraction of sp³-hybridized carbons (Fsp3) is 0.421. The minimum Gasteiger partial charge on any atom is -0.339 e. The highest BCUT2D eigenvalue weighted by atomic mass is 15.0. The van der Waals surface area contributed by atoms with Gasteiger partial charge in [0.2, 0.25) is 0 Å². The summed E-state index contributed by atoms with van der Waals surface area (Å²) in [6.07, 6.45) is 4.11. The van der Waals surface area contributed by atoms with Crippen LogP contribution in [0.4, 0.5) is 0 Å². The van der Waals surface area contributed by atoms with Crippen LogP contribution in [0.25, 0.3) is 21.8 Å². The summed E-state index contributed by atoms with van der Waals surface area (Å²) in [6.45, 7) is 8.35. The maximum atomic E-state index is 5.67. The van der Waals surface area contributed by atoms with Crippen LogP contribution >= 0.6 is 0 Å². The van der Waals surface area contributed by atoms with Crippen LogP contribution in [0.1, 0.15) is 43.9 Å². The van der Waals surface area contributed by atoms with E-state index in [2.05, 4.69) is 54.6 Å². The summed E-state index contributed by atoms with van der Waals surface area (Å²) in [6, 6.07) is 8.89. The third kappa shape index (κ3) is 2.50. The van der Waals surface area contributed by atoms with Crippen molar-refractivity contribution in [2.24, 2.45) is 5.73 Å². The van der Waals surface area contributed by atoms with E-state index in [-0.39, 0.29) is 0 Å². The molecule has 3 nitrogen and oxygen atoms in total. The van der Waals surface area contributed by atoms with Crippen LogP contribution in [-0.4, -0.2) is 16.1 Å². The Morgan fingerprint density at radius 1 is 1.14 bits per heavy atom. The molecular formula is C19H25N3. The molecule has 0 saturated heterocycles. The van der Waals surface area contributed by atoms with Gasteiger partial charge in [-0.05, 0) is 49.9 Å². The van der Waals surface area contributed by atoms with Crippen LogP contribution in [-0.2, 0) is 6.54 Å². The lowest BCUT2D eigenvalue weighted by Gasteiger charge is -2.12. The molecule has 0 amide bonds. The van der Waals surface area contributed by atoms with Crippen molar-refractivity contribution in [2.75, 3.05) is 6.54 Å². The first-order chi connectivity index (χ1) is 10.6. The van der Waals surface area contributed by atoms with E-state index in [4.69, 9.17) is 5.73 Å². The number of aryl methyl sites for hydroxylation is 2. The van der Waals surface area contributed by atoms with Gasteiger partial charge in [-0.25, -0.2) is 0 Å². The topological polar surface area (TPSA) is 43.8 Å². The van der Waals surface area contributed by atoms with Gasteiger partial charge in [0.1, 0.15) is 0 Å². The summed E-state index contributed by atoms with van der Waals surface area (Å²) >= 11 is 0. The normalized spacial score (nSPS) is 11.9. The Hall–Kier alpha value is -1.87. The number of unbranched alkanes of at least 4 members (excludes halogenated alkanes) is 1. The van der Waals surface area contributed by atoms with Gasteiger partial charge in [0.15, 0.2) is 0 Å². The summed E-state index contributed by atoms with van der Waals surface area (Å²) in [4.78, 5) is 4.67. The summed E-state index contributed by atoms with van der Waals surface area (Å²) in [5.41, 5.74) is 10.8. The molecule has 3 aromatic rings. The Balaban J connectivity index is 2.31. The predicted molar refractivity (Wildman–Crippen MR) is 94.4 cm³/mol. The van der Waals surface area contributed by atoms with Crippen molar-refractivity contribution >= 4 is 21.8 Å². The van der Waals surface area contributed by atoms with E-state index in [0.717, 1.165) is 25.9 Å². The number of fused-ring (bicyclic) bond motifs is 3. The maximum Gasteiger partial charge on any atom is 0.0713 e. The first-order valence-corrected chi connectivity index (χ1v) is 8.21. The Labute approximate surface area is 132 Å². The van der Waals surface area contributed by atoms with Crippen molar-refractivity contribution in [3.63, 3.8) is 0 Å². The van der Waals surface area contributed by atoms with Crippen LogP contribution < -0.4 is 5.73 Å². The van der Waals surface area contributed by atoms with Crippen molar-refractivity contribution < 1.29 is 0 Å². The summed E-state index contributed by atoms with van der Waals surface area (Å²) < 4.78 is 2.45. The molecule has 0 unspecified atom stereocenters. The van der Waals surface area contributed by atoms with Gasteiger partial charge in [0, 0.05) is 29.0 Å². The lowest BCUT2D eigenvalue weighted by molar-refractivity contribution is 0.639. The molecule has 0 aliphatic rings. The Kier molecular flexibility index (Phi) is 4.16. The third-order valence-electron chi connectivity index (χ3n) is 4.34. The van der Waals surface area contributed by atoms with E-state index in [1.807, 2.05) is 6.20 Å². The molecule has 0 atom stereocenters. The molecule has 2 N–H and O–H groups in total. The highest BCUT2D eigenvalue weighted by Gasteiger charge is 2.16. The minimum absolute atomic E-state index is 0.419. The van der Waals surface area contributed by atoms with E-state index >= 15 is 0 Å². The molecule has 0 saturated carbocycles. The molecule has 2 aromatic heterocycles. The SMILES string of the molecule is Cc1ccc2c3ccnc(C(C)C)c3n(CCCCN)c2c1. The monoisotopic (exact) mass is 295 g/mol. The van der Waals surface area contributed by atoms with Gasteiger partial charge in [-0.2, -0.15) is 0 Å². The van der Waals surface area contributed by atoms with Crippen molar-refractivity contribution in [2.45, 2.75) is 46.1 Å². The minimum atomic E-state index is 0.419. The van der Waals surface area contributed by atoms with Gasteiger partial charge in [0.25, 0.3) is 0 Å². The largest absolute Gasteiger partial charge is 0.339 e. The van der Waals surface area contributed by atoms with Crippen LogP contribution in [0.2, 0.25) is 0 Å². The second kappa shape index (κ2) is 6.09. The number of hydrogen-bond donors (Lipinski definition) is 1. The highest BCUT2D eigenvalue weighted by Crippen LogP contribution is 2.33. The number of rotatable bonds is 5. The Bertz CT molecular complexity index is 799. The molecule has 22 heavy (non-hydrogen) atoms. The molecule has 0 spiro atoms. The summed E-state index contributed by atoms with van der Waals surface area (Å²) in [7, 11) is 0. The van der Waals surface area contributed by atoms with E-state index in [9.17, 15) is 0 Å². The number of nitrogens with two attached hydrogens (primary N) is 1. The van der Waals surface area contributed by atoms with Crippen LogP contribution in [0.3, 0.4) is 0 Å². The molecule has 3 rings (SSSR count). The number of benzene rings is 1. The average molecular weight is 295 g/mol. The summed E-state index contributed by atoms with van der Waals surface area (Å²) in [5, 5.41) is 2.65. The molecule has 3 heteroatoms. The van der Waals surface area contributed by atoms with Gasteiger partial charge in [-0.15, -0.1) is 0 Å². The van der Waals surface area contributed by atoms with Crippen LogP contribution in [0, 0.1) is 6.92 Å². The first-order valence-electron chi connectivity index (χ1n) is 8.21. The number of nitrogens with zero attached hydrogens (tertiary/aromatic N) is 2. The van der Waals surface area contributed by atoms with E-state index in [1.165, 1.54) is 33.1 Å². The van der Waals surface area contributed by atoms with Crippen molar-refractivity contribution in [3.8, 4) is 0 Å².